The summed E-state index contributed by atoms with van der Waals surface area (Å²) in [6.07, 6.45) is 1.95. The SMILES string of the molecule is COC(=O)[C@H](N)CC(=C/N)/C=N/C(F)F. The second kappa shape index (κ2) is 6.88. The molecule has 86 valence electrons. The van der Waals surface area contributed by atoms with Crippen LogP contribution in [-0.4, -0.2) is 31.9 Å². The summed E-state index contributed by atoms with van der Waals surface area (Å²) >= 11 is 0. The minimum Gasteiger partial charge on any atom is -0.468 e. The third-order valence-electron chi connectivity index (χ3n) is 1.53. The number of ether oxygens (including phenoxy) is 1. The van der Waals surface area contributed by atoms with E-state index in [1.165, 1.54) is 7.11 Å². The van der Waals surface area contributed by atoms with Crippen molar-refractivity contribution in [3.8, 4) is 0 Å². The van der Waals surface area contributed by atoms with Crippen molar-refractivity contribution in [3.05, 3.63) is 11.8 Å². The second-order valence-electron chi connectivity index (χ2n) is 2.63. The number of methoxy groups -OCH3 is 1. The van der Waals surface area contributed by atoms with Gasteiger partial charge >= 0.3 is 12.5 Å². The van der Waals surface area contributed by atoms with E-state index in [4.69, 9.17) is 11.5 Å². The number of halogens is 2. The zero-order chi connectivity index (χ0) is 11.8. The lowest BCUT2D eigenvalue weighted by Crippen LogP contribution is -2.32. The third kappa shape index (κ3) is 5.74. The van der Waals surface area contributed by atoms with Crippen LogP contribution in [0.15, 0.2) is 16.8 Å². The minimum atomic E-state index is -2.81. The first-order valence-electron chi connectivity index (χ1n) is 4.06. The molecule has 0 aromatic rings. The number of rotatable bonds is 5. The van der Waals surface area contributed by atoms with Crippen LogP contribution in [0.25, 0.3) is 0 Å². The van der Waals surface area contributed by atoms with Gasteiger partial charge in [0, 0.05) is 12.6 Å². The molecule has 15 heavy (non-hydrogen) atoms. The molecule has 5 nitrogen and oxygen atoms in total. The molecular weight excluding hydrogens is 208 g/mol. The number of carbonyl (C=O) groups excluding carboxylic acids is 1. The van der Waals surface area contributed by atoms with Crippen molar-refractivity contribution in [2.45, 2.75) is 19.0 Å². The number of carbonyl (C=O) groups is 1. The number of esters is 1. The summed E-state index contributed by atoms with van der Waals surface area (Å²) in [5.41, 5.74) is 10.8. The van der Waals surface area contributed by atoms with E-state index < -0.39 is 18.6 Å². The molecule has 0 bridgehead atoms. The first-order valence-corrected chi connectivity index (χ1v) is 4.06. The summed E-state index contributed by atoms with van der Waals surface area (Å²) in [4.78, 5) is 13.7. The smallest absolute Gasteiger partial charge is 0.331 e. The van der Waals surface area contributed by atoms with Crippen molar-refractivity contribution < 1.29 is 18.3 Å². The van der Waals surface area contributed by atoms with Gasteiger partial charge in [-0.05, 0) is 11.8 Å². The Morgan fingerprint density at radius 2 is 2.20 bits per heavy atom. The molecular formula is C8H13F2N3O2. The highest BCUT2D eigenvalue weighted by Crippen LogP contribution is 2.03. The molecule has 0 radical (unpaired) electrons. The van der Waals surface area contributed by atoms with Crippen LogP contribution in [0.4, 0.5) is 8.78 Å². The van der Waals surface area contributed by atoms with E-state index in [9.17, 15) is 13.6 Å². The molecule has 4 N–H and O–H groups in total. The topological polar surface area (TPSA) is 90.7 Å². The van der Waals surface area contributed by atoms with E-state index in [1.807, 2.05) is 0 Å². The van der Waals surface area contributed by atoms with Crippen molar-refractivity contribution >= 4 is 12.2 Å². The zero-order valence-corrected chi connectivity index (χ0v) is 8.19. The monoisotopic (exact) mass is 221 g/mol. The molecule has 0 heterocycles. The van der Waals surface area contributed by atoms with Crippen molar-refractivity contribution in [3.63, 3.8) is 0 Å². The lowest BCUT2D eigenvalue weighted by atomic mass is 10.1. The Morgan fingerprint density at radius 1 is 1.60 bits per heavy atom. The predicted octanol–water partition coefficient (Wildman–Crippen LogP) is 0.0128. The van der Waals surface area contributed by atoms with E-state index in [0.29, 0.717) is 0 Å². The van der Waals surface area contributed by atoms with E-state index in [1.54, 1.807) is 0 Å². The lowest BCUT2D eigenvalue weighted by Gasteiger charge is -2.08. The molecule has 0 fully saturated rings. The third-order valence-corrected chi connectivity index (χ3v) is 1.53. The van der Waals surface area contributed by atoms with Gasteiger partial charge in [0.1, 0.15) is 6.04 Å². The van der Waals surface area contributed by atoms with Crippen LogP contribution in [0.2, 0.25) is 0 Å². The first-order chi connectivity index (χ1) is 7.01. The molecule has 0 aliphatic heterocycles. The van der Waals surface area contributed by atoms with Gasteiger partial charge in [-0.2, -0.15) is 8.78 Å². The van der Waals surface area contributed by atoms with Crippen LogP contribution < -0.4 is 11.5 Å². The average Bonchev–Trinajstić information content (AvgIpc) is 2.22. The number of aliphatic imine (C=N–C) groups is 1. The highest BCUT2D eigenvalue weighted by Gasteiger charge is 2.14. The Bertz CT molecular complexity index is 267. The number of alkyl halides is 2. The molecule has 0 spiro atoms. The van der Waals surface area contributed by atoms with Crippen LogP contribution in [0.3, 0.4) is 0 Å². The van der Waals surface area contributed by atoms with Gasteiger partial charge in [-0.25, -0.2) is 4.99 Å². The van der Waals surface area contributed by atoms with Crippen molar-refractivity contribution in [2.24, 2.45) is 16.5 Å². The largest absolute Gasteiger partial charge is 0.468 e. The summed E-state index contributed by atoms with van der Waals surface area (Å²) in [6.45, 7) is -2.81. The maximum atomic E-state index is 11.7. The Kier molecular flexibility index (Phi) is 6.19. The summed E-state index contributed by atoms with van der Waals surface area (Å²) in [5, 5.41) is 0. The Labute approximate surface area is 85.8 Å². The van der Waals surface area contributed by atoms with Gasteiger partial charge in [0.15, 0.2) is 0 Å². The summed E-state index contributed by atoms with van der Waals surface area (Å²) < 4.78 is 27.8. The maximum Gasteiger partial charge on any atom is 0.331 e. The Morgan fingerprint density at radius 3 is 2.60 bits per heavy atom. The van der Waals surface area contributed by atoms with Gasteiger partial charge in [-0.15, -0.1) is 0 Å². The van der Waals surface area contributed by atoms with E-state index in [2.05, 4.69) is 9.73 Å². The maximum absolute atomic E-state index is 11.7. The van der Waals surface area contributed by atoms with Gasteiger partial charge in [0.05, 0.1) is 7.11 Å². The molecule has 1 atom stereocenters. The fourth-order valence-electron chi connectivity index (χ4n) is 0.805. The molecule has 0 amide bonds. The molecule has 0 aliphatic rings. The molecule has 7 heteroatoms. The van der Waals surface area contributed by atoms with Crippen LogP contribution in [0.1, 0.15) is 6.42 Å². The van der Waals surface area contributed by atoms with Crippen LogP contribution in [0.5, 0.6) is 0 Å². The number of nitrogens with two attached hydrogens (primary N) is 2. The van der Waals surface area contributed by atoms with Crippen LogP contribution >= 0.6 is 0 Å². The number of nitrogens with zero attached hydrogens (tertiary/aromatic N) is 1. The van der Waals surface area contributed by atoms with Gasteiger partial charge in [-0.1, -0.05) is 0 Å². The number of hydrogen-bond acceptors (Lipinski definition) is 5. The van der Waals surface area contributed by atoms with E-state index in [-0.39, 0.29) is 12.0 Å². The van der Waals surface area contributed by atoms with Gasteiger partial charge in [0.25, 0.3) is 0 Å². The predicted molar refractivity (Wildman–Crippen MR) is 51.4 cm³/mol. The molecule has 0 aromatic heterocycles. The fourth-order valence-corrected chi connectivity index (χ4v) is 0.805. The molecule has 0 rings (SSSR count). The zero-order valence-electron chi connectivity index (χ0n) is 8.19. The van der Waals surface area contributed by atoms with Gasteiger partial charge in [0.2, 0.25) is 0 Å². The van der Waals surface area contributed by atoms with Gasteiger partial charge in [-0.3, -0.25) is 4.79 Å². The summed E-state index contributed by atoms with van der Waals surface area (Å²) in [7, 11) is 1.18. The second-order valence-corrected chi connectivity index (χ2v) is 2.63. The first kappa shape index (κ1) is 13.5. The van der Waals surface area contributed by atoms with Crippen molar-refractivity contribution in [1.82, 2.24) is 0 Å². The normalized spacial score (nSPS) is 14.6. The average molecular weight is 221 g/mol. The van der Waals surface area contributed by atoms with Crippen LogP contribution in [-0.2, 0) is 9.53 Å². The molecule has 0 saturated carbocycles. The highest BCUT2D eigenvalue weighted by molar-refractivity contribution is 5.82. The molecule has 0 aromatic carbocycles. The molecule has 0 unspecified atom stereocenters. The molecule has 0 aliphatic carbocycles. The van der Waals surface area contributed by atoms with E-state index in [0.717, 1.165) is 12.4 Å². The molecule has 0 saturated heterocycles. The van der Waals surface area contributed by atoms with Crippen LogP contribution in [0, 0.1) is 0 Å². The standard InChI is InChI=1S/C8H13F2N3O2/c1-15-7(14)6(12)2-5(3-11)4-13-8(9)10/h3-4,6,8H,2,11-12H2,1H3/b5-3-,13-4+/t6-/m1/s1. The van der Waals surface area contributed by atoms with E-state index >= 15 is 0 Å². The fraction of sp³-hybridized carbons (Fsp3) is 0.500. The lowest BCUT2D eigenvalue weighted by molar-refractivity contribution is -0.142. The number of hydrogen-bond donors (Lipinski definition) is 2. The summed E-state index contributed by atoms with van der Waals surface area (Å²) in [6, 6.07) is -0.936. The summed E-state index contributed by atoms with van der Waals surface area (Å²) in [5.74, 6) is -0.639. The highest BCUT2D eigenvalue weighted by atomic mass is 19.3. The quantitative estimate of drug-likeness (QED) is 0.389. The van der Waals surface area contributed by atoms with Crippen molar-refractivity contribution in [2.75, 3.05) is 7.11 Å². The Hall–Kier alpha value is -1.50. The minimum absolute atomic E-state index is 0.000602. The van der Waals surface area contributed by atoms with Crippen molar-refractivity contribution in [1.29, 1.82) is 0 Å². The van der Waals surface area contributed by atoms with Gasteiger partial charge < -0.3 is 16.2 Å². The Balaban J connectivity index is 4.29.